The maximum absolute atomic E-state index is 5.72. The third-order valence-electron chi connectivity index (χ3n) is 2.93. The first kappa shape index (κ1) is 9.01. The van der Waals surface area contributed by atoms with E-state index < -0.39 is 0 Å². The van der Waals surface area contributed by atoms with E-state index in [-0.39, 0.29) is 0 Å². The molecule has 66 valence electrons. The highest BCUT2D eigenvalue weighted by Gasteiger charge is 2.34. The van der Waals surface area contributed by atoms with Crippen molar-refractivity contribution in [1.29, 1.82) is 0 Å². The van der Waals surface area contributed by atoms with Crippen molar-refractivity contribution in [3.63, 3.8) is 0 Å². The highest BCUT2D eigenvalue weighted by Crippen LogP contribution is 2.42. The lowest BCUT2D eigenvalue weighted by Crippen LogP contribution is -2.39. The molecule has 2 heteroatoms. The predicted molar refractivity (Wildman–Crippen MR) is 48.5 cm³/mol. The van der Waals surface area contributed by atoms with Crippen LogP contribution in [-0.2, 0) is 0 Å². The van der Waals surface area contributed by atoms with Crippen molar-refractivity contribution >= 4 is 0 Å². The summed E-state index contributed by atoms with van der Waals surface area (Å²) in [5.74, 6) is 0. The number of nitrogens with two attached hydrogens (primary N) is 1. The van der Waals surface area contributed by atoms with E-state index in [1.807, 2.05) is 0 Å². The fraction of sp³-hybridized carbons (Fsp3) is 1.00. The van der Waals surface area contributed by atoms with Gasteiger partial charge in [-0.1, -0.05) is 13.3 Å². The van der Waals surface area contributed by atoms with Gasteiger partial charge in [0.2, 0.25) is 0 Å². The standard InChI is InChI=1S/C9H20N2/c1-2-11-7-6-9(8-10)4-3-5-9/h11H,2-8,10H2,1H3. The molecule has 3 N–H and O–H groups in total. The molecule has 0 spiro atoms. The van der Waals surface area contributed by atoms with Crippen LogP contribution in [0.2, 0.25) is 0 Å². The molecular weight excluding hydrogens is 136 g/mol. The van der Waals surface area contributed by atoms with Crippen LogP contribution in [0.4, 0.5) is 0 Å². The number of nitrogens with one attached hydrogen (secondary N) is 1. The highest BCUT2D eigenvalue weighted by molar-refractivity contribution is 4.88. The summed E-state index contributed by atoms with van der Waals surface area (Å²) in [6.07, 6.45) is 5.38. The molecule has 11 heavy (non-hydrogen) atoms. The Hall–Kier alpha value is -0.0800. The summed E-state index contributed by atoms with van der Waals surface area (Å²) in [6, 6.07) is 0. The first-order valence-corrected chi connectivity index (χ1v) is 4.74. The minimum absolute atomic E-state index is 0.530. The molecule has 0 saturated heterocycles. The molecule has 0 amide bonds. The maximum Gasteiger partial charge on any atom is -0.00201 e. The zero-order valence-corrected chi connectivity index (χ0v) is 7.53. The molecule has 0 heterocycles. The van der Waals surface area contributed by atoms with Crippen molar-refractivity contribution in [2.45, 2.75) is 32.6 Å². The Morgan fingerprint density at radius 1 is 1.45 bits per heavy atom. The molecular formula is C9H20N2. The van der Waals surface area contributed by atoms with Gasteiger partial charge in [-0.2, -0.15) is 0 Å². The second-order valence-corrected chi connectivity index (χ2v) is 3.66. The lowest BCUT2D eigenvalue weighted by molar-refractivity contribution is 0.130. The maximum atomic E-state index is 5.72. The van der Waals surface area contributed by atoms with Crippen molar-refractivity contribution in [2.24, 2.45) is 11.1 Å². The third kappa shape index (κ3) is 2.17. The van der Waals surface area contributed by atoms with Crippen molar-refractivity contribution < 1.29 is 0 Å². The second-order valence-electron chi connectivity index (χ2n) is 3.66. The van der Waals surface area contributed by atoms with Crippen LogP contribution in [-0.4, -0.2) is 19.6 Å². The van der Waals surface area contributed by atoms with Gasteiger partial charge in [-0.05, 0) is 44.3 Å². The largest absolute Gasteiger partial charge is 0.330 e. The lowest BCUT2D eigenvalue weighted by atomic mass is 9.67. The Balaban J connectivity index is 2.11. The molecule has 0 atom stereocenters. The molecule has 0 aromatic carbocycles. The Labute approximate surface area is 69.5 Å². The predicted octanol–water partition coefficient (Wildman–Crippen LogP) is 1.11. The number of hydrogen-bond donors (Lipinski definition) is 2. The summed E-state index contributed by atoms with van der Waals surface area (Å²) in [4.78, 5) is 0. The Bertz CT molecular complexity index is 103. The molecule has 0 aliphatic heterocycles. The van der Waals surface area contributed by atoms with Crippen LogP contribution in [0.5, 0.6) is 0 Å². The summed E-state index contributed by atoms with van der Waals surface area (Å²) < 4.78 is 0. The molecule has 1 rings (SSSR count). The summed E-state index contributed by atoms with van der Waals surface area (Å²) in [6.45, 7) is 5.27. The summed E-state index contributed by atoms with van der Waals surface area (Å²) in [5, 5.41) is 3.35. The van der Waals surface area contributed by atoms with Crippen molar-refractivity contribution in [1.82, 2.24) is 5.32 Å². The van der Waals surface area contributed by atoms with Crippen LogP contribution in [0, 0.1) is 5.41 Å². The molecule has 1 saturated carbocycles. The molecule has 2 nitrogen and oxygen atoms in total. The minimum Gasteiger partial charge on any atom is -0.330 e. The fourth-order valence-electron chi connectivity index (χ4n) is 1.76. The summed E-state index contributed by atoms with van der Waals surface area (Å²) >= 11 is 0. The second kappa shape index (κ2) is 4.07. The van der Waals surface area contributed by atoms with Gasteiger partial charge >= 0.3 is 0 Å². The molecule has 1 fully saturated rings. The Morgan fingerprint density at radius 2 is 2.18 bits per heavy atom. The molecule has 1 aliphatic rings. The van der Waals surface area contributed by atoms with E-state index in [0.29, 0.717) is 5.41 Å². The monoisotopic (exact) mass is 156 g/mol. The lowest BCUT2D eigenvalue weighted by Gasteiger charge is -2.41. The molecule has 1 aliphatic carbocycles. The Morgan fingerprint density at radius 3 is 2.55 bits per heavy atom. The number of rotatable bonds is 5. The van der Waals surface area contributed by atoms with Gasteiger partial charge in [0.15, 0.2) is 0 Å². The summed E-state index contributed by atoms with van der Waals surface area (Å²) in [7, 11) is 0. The van der Waals surface area contributed by atoms with Crippen molar-refractivity contribution in [2.75, 3.05) is 19.6 Å². The summed E-state index contributed by atoms with van der Waals surface area (Å²) in [5.41, 5.74) is 6.25. The van der Waals surface area contributed by atoms with E-state index in [1.165, 1.54) is 25.7 Å². The van der Waals surface area contributed by atoms with Gasteiger partial charge < -0.3 is 11.1 Å². The first-order valence-electron chi connectivity index (χ1n) is 4.74. The van der Waals surface area contributed by atoms with Gasteiger partial charge in [-0.25, -0.2) is 0 Å². The minimum atomic E-state index is 0.530. The van der Waals surface area contributed by atoms with Gasteiger partial charge in [0.25, 0.3) is 0 Å². The number of hydrogen-bond acceptors (Lipinski definition) is 2. The fourth-order valence-corrected chi connectivity index (χ4v) is 1.76. The topological polar surface area (TPSA) is 38.0 Å². The smallest absolute Gasteiger partial charge is 0.00201 e. The van der Waals surface area contributed by atoms with Gasteiger partial charge in [0.1, 0.15) is 0 Å². The van der Waals surface area contributed by atoms with Crippen LogP contribution < -0.4 is 11.1 Å². The average molecular weight is 156 g/mol. The SMILES string of the molecule is CCNCCC1(CN)CCC1. The van der Waals surface area contributed by atoms with E-state index >= 15 is 0 Å². The van der Waals surface area contributed by atoms with E-state index in [4.69, 9.17) is 5.73 Å². The first-order chi connectivity index (χ1) is 5.33. The zero-order chi connectivity index (χ0) is 8.16. The average Bonchev–Trinajstić information content (AvgIpc) is 1.95. The van der Waals surface area contributed by atoms with Crippen LogP contribution in [0.15, 0.2) is 0 Å². The quantitative estimate of drug-likeness (QED) is 0.585. The third-order valence-corrected chi connectivity index (χ3v) is 2.93. The van der Waals surface area contributed by atoms with E-state index in [9.17, 15) is 0 Å². The van der Waals surface area contributed by atoms with Crippen LogP contribution in [0.1, 0.15) is 32.6 Å². The van der Waals surface area contributed by atoms with Crippen LogP contribution in [0.3, 0.4) is 0 Å². The van der Waals surface area contributed by atoms with Gasteiger partial charge in [0, 0.05) is 0 Å². The van der Waals surface area contributed by atoms with Crippen LogP contribution in [0.25, 0.3) is 0 Å². The van der Waals surface area contributed by atoms with Crippen LogP contribution >= 0.6 is 0 Å². The highest BCUT2D eigenvalue weighted by atomic mass is 14.8. The molecule has 0 aromatic heterocycles. The molecule has 0 bridgehead atoms. The van der Waals surface area contributed by atoms with E-state index in [0.717, 1.165) is 19.6 Å². The van der Waals surface area contributed by atoms with Gasteiger partial charge in [-0.3, -0.25) is 0 Å². The van der Waals surface area contributed by atoms with Gasteiger partial charge in [0.05, 0.1) is 0 Å². The molecule has 0 radical (unpaired) electrons. The van der Waals surface area contributed by atoms with Crippen molar-refractivity contribution in [3.05, 3.63) is 0 Å². The molecule has 0 unspecified atom stereocenters. The van der Waals surface area contributed by atoms with E-state index in [1.54, 1.807) is 0 Å². The molecule has 0 aromatic rings. The normalized spacial score (nSPS) is 21.3. The Kier molecular flexibility index (Phi) is 3.34. The van der Waals surface area contributed by atoms with Crippen molar-refractivity contribution in [3.8, 4) is 0 Å². The zero-order valence-electron chi connectivity index (χ0n) is 7.53. The van der Waals surface area contributed by atoms with Gasteiger partial charge in [-0.15, -0.1) is 0 Å². The van der Waals surface area contributed by atoms with E-state index in [2.05, 4.69) is 12.2 Å².